The molecule has 0 unspecified atom stereocenters. The third kappa shape index (κ3) is 5.01. The molecule has 0 saturated carbocycles. The summed E-state index contributed by atoms with van der Waals surface area (Å²) in [7, 11) is 0. The van der Waals surface area contributed by atoms with Crippen LogP contribution in [0.5, 0.6) is 0 Å². The number of rotatable bonds is 2. The first-order valence-electron chi connectivity index (χ1n) is 8.35. The van der Waals surface area contributed by atoms with Gasteiger partial charge >= 0.3 is 0 Å². The van der Waals surface area contributed by atoms with Gasteiger partial charge in [0, 0.05) is 31.6 Å². The Labute approximate surface area is 158 Å². The number of guanidine groups is 2. The molecule has 26 heavy (non-hydrogen) atoms. The van der Waals surface area contributed by atoms with Crippen LogP contribution in [0.1, 0.15) is 20.8 Å². The first-order chi connectivity index (χ1) is 12.1. The predicted octanol–water partition coefficient (Wildman–Crippen LogP) is 1.25. The molecule has 9 heteroatoms. The number of carbonyl (C=O) groups is 1. The number of benzene rings is 1. The van der Waals surface area contributed by atoms with Crippen molar-refractivity contribution in [3.8, 4) is 0 Å². The fraction of sp³-hybridized carbons (Fsp3) is 0.471. The zero-order valence-corrected chi connectivity index (χ0v) is 16.1. The quantitative estimate of drug-likeness (QED) is 0.526. The van der Waals surface area contributed by atoms with Crippen molar-refractivity contribution in [1.82, 2.24) is 4.90 Å². The molecule has 6 N–H and O–H groups in total. The lowest BCUT2D eigenvalue weighted by molar-refractivity contribution is -0.139. The van der Waals surface area contributed by atoms with E-state index in [0.29, 0.717) is 23.8 Å². The maximum atomic E-state index is 12.4. The molecule has 0 atom stereocenters. The molecule has 1 aliphatic heterocycles. The number of aliphatic imine (C=N–C) groups is 2. The molecule has 1 saturated heterocycles. The lowest BCUT2D eigenvalue weighted by Gasteiger charge is -2.39. The zero-order chi connectivity index (χ0) is 19.5. The Morgan fingerprint density at radius 1 is 1.12 bits per heavy atom. The van der Waals surface area contributed by atoms with E-state index in [1.54, 1.807) is 12.1 Å². The third-order valence-corrected chi connectivity index (χ3v) is 4.27. The maximum absolute atomic E-state index is 12.4. The molecule has 1 aromatic carbocycles. The number of amides is 1. The van der Waals surface area contributed by atoms with Gasteiger partial charge < -0.3 is 27.0 Å². The molecule has 1 aliphatic rings. The van der Waals surface area contributed by atoms with Gasteiger partial charge in [0.2, 0.25) is 11.9 Å². The van der Waals surface area contributed by atoms with Crippen molar-refractivity contribution in [2.75, 3.05) is 31.1 Å². The first kappa shape index (κ1) is 19.8. The number of anilines is 1. The van der Waals surface area contributed by atoms with Crippen LogP contribution in [0.3, 0.4) is 0 Å². The molecule has 1 aromatic rings. The molecular formula is C17H26ClN7O. The Morgan fingerprint density at radius 2 is 1.73 bits per heavy atom. The summed E-state index contributed by atoms with van der Waals surface area (Å²) < 4.78 is 0. The van der Waals surface area contributed by atoms with Gasteiger partial charge in [-0.05, 0) is 18.2 Å². The second kappa shape index (κ2) is 7.82. The SMILES string of the molecule is CC(C)(C)C(=O)N1CCN(c2ccc(N=C(N)N=C(N)N)cc2Cl)CC1. The van der Waals surface area contributed by atoms with Gasteiger partial charge in [-0.2, -0.15) is 4.99 Å². The molecule has 0 spiro atoms. The van der Waals surface area contributed by atoms with E-state index in [0.717, 1.165) is 18.8 Å². The fourth-order valence-corrected chi connectivity index (χ4v) is 3.03. The van der Waals surface area contributed by atoms with Crippen LogP contribution < -0.4 is 22.1 Å². The number of nitrogens with two attached hydrogens (primary N) is 3. The van der Waals surface area contributed by atoms with Gasteiger partial charge in [0.15, 0.2) is 5.96 Å². The van der Waals surface area contributed by atoms with Crippen molar-refractivity contribution in [2.45, 2.75) is 20.8 Å². The zero-order valence-electron chi connectivity index (χ0n) is 15.4. The number of nitrogens with zero attached hydrogens (tertiary/aromatic N) is 4. The molecule has 8 nitrogen and oxygen atoms in total. The molecule has 0 aromatic heterocycles. The van der Waals surface area contributed by atoms with E-state index in [2.05, 4.69) is 14.9 Å². The molecule has 1 heterocycles. The van der Waals surface area contributed by atoms with Crippen LogP contribution in [0, 0.1) is 5.41 Å². The summed E-state index contributed by atoms with van der Waals surface area (Å²) in [6.07, 6.45) is 0. The highest BCUT2D eigenvalue weighted by molar-refractivity contribution is 6.33. The van der Waals surface area contributed by atoms with E-state index in [4.69, 9.17) is 28.8 Å². The number of carbonyl (C=O) groups excluding carboxylic acids is 1. The van der Waals surface area contributed by atoms with Crippen LogP contribution in [-0.4, -0.2) is 48.9 Å². The van der Waals surface area contributed by atoms with Crippen LogP contribution in [-0.2, 0) is 4.79 Å². The Kier molecular flexibility index (Phi) is 5.97. The van der Waals surface area contributed by atoms with Crippen molar-refractivity contribution in [3.05, 3.63) is 23.2 Å². The summed E-state index contributed by atoms with van der Waals surface area (Å²) in [5, 5.41) is 0.555. The third-order valence-electron chi connectivity index (χ3n) is 3.97. The van der Waals surface area contributed by atoms with Gasteiger partial charge in [0.25, 0.3) is 0 Å². The van der Waals surface area contributed by atoms with Crippen molar-refractivity contribution < 1.29 is 4.79 Å². The summed E-state index contributed by atoms with van der Waals surface area (Å²) >= 11 is 6.41. The van der Waals surface area contributed by atoms with Crippen molar-refractivity contribution in [1.29, 1.82) is 0 Å². The molecule has 142 valence electrons. The minimum Gasteiger partial charge on any atom is -0.370 e. The lowest BCUT2D eigenvalue weighted by Crippen LogP contribution is -2.51. The molecule has 0 radical (unpaired) electrons. The summed E-state index contributed by atoms with van der Waals surface area (Å²) in [6, 6.07) is 5.38. The van der Waals surface area contributed by atoms with Crippen LogP contribution in [0.2, 0.25) is 5.02 Å². The molecule has 2 rings (SSSR count). The number of piperazine rings is 1. The Balaban J connectivity index is 2.07. The van der Waals surface area contributed by atoms with Crippen LogP contribution in [0.15, 0.2) is 28.2 Å². The summed E-state index contributed by atoms with van der Waals surface area (Å²) in [5.41, 5.74) is 17.2. The minimum absolute atomic E-state index is 0.0388. The average molecular weight is 380 g/mol. The van der Waals surface area contributed by atoms with Gasteiger partial charge in [-0.15, -0.1) is 0 Å². The van der Waals surface area contributed by atoms with E-state index >= 15 is 0 Å². The lowest BCUT2D eigenvalue weighted by atomic mass is 9.94. The predicted molar refractivity (Wildman–Crippen MR) is 107 cm³/mol. The Bertz CT molecular complexity index is 727. The summed E-state index contributed by atoms with van der Waals surface area (Å²) in [5.74, 6) is -0.0251. The monoisotopic (exact) mass is 379 g/mol. The fourth-order valence-electron chi connectivity index (χ4n) is 2.74. The summed E-state index contributed by atoms with van der Waals surface area (Å²) in [6.45, 7) is 8.59. The molecular weight excluding hydrogens is 354 g/mol. The van der Waals surface area contributed by atoms with Gasteiger partial charge in [-0.25, -0.2) is 4.99 Å². The van der Waals surface area contributed by atoms with Crippen molar-refractivity contribution in [2.24, 2.45) is 32.6 Å². The van der Waals surface area contributed by atoms with E-state index in [1.165, 1.54) is 0 Å². The van der Waals surface area contributed by atoms with E-state index in [1.807, 2.05) is 31.7 Å². The number of halogens is 1. The molecule has 0 bridgehead atoms. The maximum Gasteiger partial charge on any atom is 0.228 e. The highest BCUT2D eigenvalue weighted by Crippen LogP contribution is 2.31. The highest BCUT2D eigenvalue weighted by Gasteiger charge is 2.30. The first-order valence-corrected chi connectivity index (χ1v) is 8.73. The van der Waals surface area contributed by atoms with Crippen LogP contribution in [0.4, 0.5) is 11.4 Å². The smallest absolute Gasteiger partial charge is 0.228 e. The van der Waals surface area contributed by atoms with E-state index < -0.39 is 0 Å². The van der Waals surface area contributed by atoms with Gasteiger partial charge in [0.05, 0.1) is 16.4 Å². The summed E-state index contributed by atoms with van der Waals surface area (Å²) in [4.78, 5) is 24.2. The van der Waals surface area contributed by atoms with E-state index in [-0.39, 0.29) is 23.2 Å². The minimum atomic E-state index is -0.366. The van der Waals surface area contributed by atoms with Crippen LogP contribution >= 0.6 is 11.6 Å². The second-order valence-corrected chi connectivity index (χ2v) is 7.58. The van der Waals surface area contributed by atoms with Crippen LogP contribution in [0.25, 0.3) is 0 Å². The largest absolute Gasteiger partial charge is 0.370 e. The number of hydrogen-bond acceptors (Lipinski definition) is 3. The van der Waals surface area contributed by atoms with Gasteiger partial charge in [-0.1, -0.05) is 32.4 Å². The Hall–Kier alpha value is -2.48. The average Bonchev–Trinajstić information content (AvgIpc) is 2.53. The normalized spacial score (nSPS) is 15.8. The standard InChI is InChI=1S/C17H26ClN7O/c1-17(2,3)14(26)25-8-6-24(7-9-25)13-5-4-11(10-12(13)18)22-16(21)23-15(19)20/h4-5,10H,6-9H2,1-3H3,(H6,19,20,21,22,23). The molecule has 1 fully saturated rings. The van der Waals surface area contributed by atoms with E-state index in [9.17, 15) is 4.79 Å². The topological polar surface area (TPSA) is 126 Å². The molecule has 0 aliphatic carbocycles. The molecule has 1 amide bonds. The second-order valence-electron chi connectivity index (χ2n) is 7.17. The van der Waals surface area contributed by atoms with Gasteiger partial charge in [0.1, 0.15) is 0 Å². The number of hydrogen-bond donors (Lipinski definition) is 3. The highest BCUT2D eigenvalue weighted by atomic mass is 35.5. The Morgan fingerprint density at radius 3 is 2.23 bits per heavy atom. The van der Waals surface area contributed by atoms with Crippen molar-refractivity contribution >= 4 is 40.8 Å². The van der Waals surface area contributed by atoms with Gasteiger partial charge in [-0.3, -0.25) is 4.79 Å². The van der Waals surface area contributed by atoms with Crippen molar-refractivity contribution in [3.63, 3.8) is 0 Å².